The van der Waals surface area contributed by atoms with E-state index in [-0.39, 0.29) is 23.4 Å². The number of ether oxygens (including phenoxy) is 1. The van der Waals surface area contributed by atoms with Gasteiger partial charge in [0.05, 0.1) is 11.3 Å². The molecule has 4 atom stereocenters. The molecule has 2 N–H and O–H groups in total. The zero-order valence-electron chi connectivity index (χ0n) is 15.9. The average Bonchev–Trinajstić information content (AvgIpc) is 3.07. The average molecular weight is 393 g/mol. The molecule has 1 amide bonds. The van der Waals surface area contributed by atoms with Gasteiger partial charge in [-0.25, -0.2) is 0 Å². The number of para-hydroxylation sites is 1. The molecule has 2 aromatic carbocycles. The van der Waals surface area contributed by atoms with E-state index in [0.29, 0.717) is 0 Å². The third-order valence-corrected chi connectivity index (χ3v) is 7.21. The van der Waals surface area contributed by atoms with E-state index in [1.54, 1.807) is 0 Å². The Balaban J connectivity index is 1.29. The monoisotopic (exact) mass is 392 g/mol. The number of rotatable bonds is 3. The van der Waals surface area contributed by atoms with Gasteiger partial charge < -0.3 is 10.1 Å². The molecule has 28 heavy (non-hydrogen) atoms. The summed E-state index contributed by atoms with van der Waals surface area (Å²) in [6.45, 7) is 2.31. The summed E-state index contributed by atoms with van der Waals surface area (Å²) < 4.78 is 5.87. The summed E-state index contributed by atoms with van der Waals surface area (Å²) >= 11 is 1.87. The highest BCUT2D eigenvalue weighted by Crippen LogP contribution is 2.50. The van der Waals surface area contributed by atoms with Crippen molar-refractivity contribution in [1.29, 1.82) is 0 Å². The van der Waals surface area contributed by atoms with Crippen LogP contribution in [-0.4, -0.2) is 11.3 Å². The second kappa shape index (κ2) is 7.30. The number of carbonyl (C=O) groups is 1. The van der Waals surface area contributed by atoms with Crippen LogP contribution < -0.4 is 15.4 Å². The summed E-state index contributed by atoms with van der Waals surface area (Å²) in [7, 11) is 0. The summed E-state index contributed by atoms with van der Waals surface area (Å²) in [4.78, 5) is 14.3. The number of thioether (sulfide) groups is 1. The van der Waals surface area contributed by atoms with Gasteiger partial charge in [0, 0.05) is 0 Å². The van der Waals surface area contributed by atoms with Crippen LogP contribution in [0, 0.1) is 11.8 Å². The molecule has 1 saturated heterocycles. The number of carbonyl (C=O) groups excluding carboxylic acids is 1. The Hall–Kier alpha value is -2.24. The van der Waals surface area contributed by atoms with Crippen LogP contribution in [0.3, 0.4) is 0 Å². The van der Waals surface area contributed by atoms with Gasteiger partial charge in [0.1, 0.15) is 17.7 Å². The maximum Gasteiger partial charge on any atom is 0.231 e. The first kappa shape index (κ1) is 17.8. The fourth-order valence-corrected chi connectivity index (χ4v) is 6.04. The zero-order chi connectivity index (χ0) is 19.1. The Bertz CT molecular complexity index is 910. The van der Waals surface area contributed by atoms with Crippen molar-refractivity contribution in [2.45, 2.75) is 37.7 Å². The minimum atomic E-state index is -0.161. The molecule has 5 heteroatoms. The number of benzene rings is 2. The molecule has 1 fully saturated rings. The van der Waals surface area contributed by atoms with E-state index >= 15 is 0 Å². The molecule has 2 heterocycles. The molecule has 1 aliphatic carbocycles. The van der Waals surface area contributed by atoms with Crippen LogP contribution in [0.2, 0.25) is 0 Å². The largest absolute Gasteiger partial charge is 0.457 e. The number of allylic oxidation sites excluding steroid dienone is 1. The predicted molar refractivity (Wildman–Crippen MR) is 112 cm³/mol. The quantitative estimate of drug-likeness (QED) is 0.775. The fourth-order valence-electron chi connectivity index (χ4n) is 4.34. The van der Waals surface area contributed by atoms with Gasteiger partial charge in [0.2, 0.25) is 5.91 Å². The van der Waals surface area contributed by atoms with Crippen molar-refractivity contribution >= 4 is 17.7 Å². The first-order valence-corrected chi connectivity index (χ1v) is 10.8. The lowest BCUT2D eigenvalue weighted by molar-refractivity contribution is -0.127. The van der Waals surface area contributed by atoms with Crippen LogP contribution >= 0.6 is 11.8 Å². The number of nitrogens with one attached hydrogen (secondary N) is 2. The molecule has 3 aliphatic rings. The van der Waals surface area contributed by atoms with Crippen molar-refractivity contribution < 1.29 is 9.53 Å². The van der Waals surface area contributed by atoms with Crippen LogP contribution in [-0.2, 0) is 4.79 Å². The van der Waals surface area contributed by atoms with Crippen LogP contribution in [0.25, 0.3) is 0 Å². The second-order valence-electron chi connectivity index (χ2n) is 7.90. The Morgan fingerprint density at radius 1 is 1.04 bits per heavy atom. The number of fused-ring (bicyclic) bond motifs is 2. The van der Waals surface area contributed by atoms with Gasteiger partial charge in [-0.2, -0.15) is 0 Å². The van der Waals surface area contributed by atoms with Crippen molar-refractivity contribution in [3.8, 4) is 11.5 Å². The minimum Gasteiger partial charge on any atom is -0.457 e. The molecule has 144 valence electrons. The van der Waals surface area contributed by atoms with Crippen molar-refractivity contribution in [3.05, 3.63) is 70.6 Å². The lowest BCUT2D eigenvalue weighted by Crippen LogP contribution is -2.54. The molecule has 0 bridgehead atoms. The molecule has 4 nitrogen and oxygen atoms in total. The minimum absolute atomic E-state index is 0.00978. The Kier molecular flexibility index (Phi) is 4.65. The van der Waals surface area contributed by atoms with Crippen LogP contribution in [0.15, 0.2) is 65.1 Å². The molecular formula is C23H24N2O2S. The molecule has 2 aromatic rings. The maximum absolute atomic E-state index is 12.9. The first-order valence-electron chi connectivity index (χ1n) is 9.95. The van der Waals surface area contributed by atoms with Gasteiger partial charge in [-0.15, -0.1) is 11.8 Å². The van der Waals surface area contributed by atoms with Crippen molar-refractivity contribution in [2.75, 3.05) is 0 Å². The van der Waals surface area contributed by atoms with E-state index in [9.17, 15) is 4.79 Å². The number of hydrogen-bond donors (Lipinski definition) is 2. The molecule has 0 saturated carbocycles. The Morgan fingerprint density at radius 2 is 1.79 bits per heavy atom. The molecule has 0 radical (unpaired) electrons. The van der Waals surface area contributed by atoms with Gasteiger partial charge in [0.25, 0.3) is 0 Å². The van der Waals surface area contributed by atoms with Gasteiger partial charge in [-0.3, -0.25) is 10.1 Å². The topological polar surface area (TPSA) is 50.4 Å². The van der Waals surface area contributed by atoms with E-state index in [1.807, 2.05) is 66.4 Å². The number of amides is 1. The van der Waals surface area contributed by atoms with Gasteiger partial charge in [0.15, 0.2) is 0 Å². The van der Waals surface area contributed by atoms with E-state index in [1.165, 1.54) is 16.9 Å². The second-order valence-corrected chi connectivity index (χ2v) is 9.14. The summed E-state index contributed by atoms with van der Waals surface area (Å²) in [5, 5.41) is 6.98. The van der Waals surface area contributed by atoms with Crippen LogP contribution in [0.4, 0.5) is 0 Å². The maximum atomic E-state index is 12.9. The van der Waals surface area contributed by atoms with E-state index < -0.39 is 0 Å². The van der Waals surface area contributed by atoms with E-state index in [0.717, 1.165) is 35.8 Å². The lowest BCUT2D eigenvalue weighted by Gasteiger charge is -2.34. The zero-order valence-corrected chi connectivity index (χ0v) is 16.7. The highest BCUT2D eigenvalue weighted by molar-refractivity contribution is 8.04. The van der Waals surface area contributed by atoms with Gasteiger partial charge in [-0.05, 0) is 65.5 Å². The third kappa shape index (κ3) is 3.33. The summed E-state index contributed by atoms with van der Waals surface area (Å²) in [5.74, 6) is 2.48. The Labute approximate surface area is 169 Å². The van der Waals surface area contributed by atoms with Crippen molar-refractivity contribution in [2.24, 2.45) is 11.8 Å². The van der Waals surface area contributed by atoms with Gasteiger partial charge >= 0.3 is 0 Å². The van der Waals surface area contributed by atoms with Crippen LogP contribution in [0.5, 0.6) is 11.5 Å². The first-order chi connectivity index (χ1) is 13.7. The van der Waals surface area contributed by atoms with Crippen molar-refractivity contribution in [1.82, 2.24) is 10.6 Å². The third-order valence-electron chi connectivity index (χ3n) is 5.84. The normalized spacial score (nSPS) is 29.1. The molecule has 0 spiro atoms. The SMILES string of the molecule is CC1CCC2=C(C1)SC1NC(c3ccc(Oc4ccccc4)cc3)NC(=O)C21. The number of hydrogen-bond acceptors (Lipinski definition) is 4. The smallest absolute Gasteiger partial charge is 0.231 e. The summed E-state index contributed by atoms with van der Waals surface area (Å²) in [6, 6.07) is 17.7. The summed E-state index contributed by atoms with van der Waals surface area (Å²) in [5.41, 5.74) is 2.43. The molecular weight excluding hydrogens is 368 g/mol. The Morgan fingerprint density at radius 3 is 2.57 bits per heavy atom. The van der Waals surface area contributed by atoms with E-state index in [2.05, 4.69) is 17.6 Å². The van der Waals surface area contributed by atoms with Crippen molar-refractivity contribution in [3.63, 3.8) is 0 Å². The lowest BCUT2D eigenvalue weighted by atomic mass is 9.83. The highest BCUT2D eigenvalue weighted by atomic mass is 32.2. The van der Waals surface area contributed by atoms with E-state index in [4.69, 9.17) is 4.74 Å². The molecule has 5 rings (SSSR count). The van der Waals surface area contributed by atoms with Crippen LogP contribution in [0.1, 0.15) is 37.9 Å². The molecule has 4 unspecified atom stereocenters. The standard InChI is InChI=1S/C23H24N2O2S/c1-14-7-12-18-19(13-14)28-23-20(18)22(26)24-21(25-23)15-8-10-17(11-9-15)27-16-5-3-2-4-6-16/h2-6,8-11,14,20-21,23,25H,7,12-13H2,1H3,(H,24,26). The fraction of sp³-hybridized carbons (Fsp3) is 0.348. The molecule has 2 aliphatic heterocycles. The molecule has 0 aromatic heterocycles. The summed E-state index contributed by atoms with van der Waals surface area (Å²) in [6.07, 6.45) is 3.22. The highest BCUT2D eigenvalue weighted by Gasteiger charge is 2.45. The predicted octanol–water partition coefficient (Wildman–Crippen LogP) is 4.96. The van der Waals surface area contributed by atoms with Gasteiger partial charge in [-0.1, -0.05) is 37.3 Å².